The molecule has 0 aliphatic carbocycles. The first-order valence-electron chi connectivity index (χ1n) is 6.51. The fourth-order valence-corrected chi connectivity index (χ4v) is 2.04. The molecule has 0 saturated carbocycles. The zero-order valence-corrected chi connectivity index (χ0v) is 11.3. The second-order valence-corrected chi connectivity index (χ2v) is 4.39. The number of ether oxygens (including phenoxy) is 1. The molecule has 21 heavy (non-hydrogen) atoms. The molecule has 0 radical (unpaired) electrons. The molecule has 2 heterocycles. The molecule has 6 heteroatoms. The Labute approximate surface area is 120 Å². The highest BCUT2D eigenvalue weighted by molar-refractivity contribution is 5.99. The number of aromatic nitrogens is 3. The van der Waals surface area contributed by atoms with E-state index in [0.29, 0.717) is 16.9 Å². The van der Waals surface area contributed by atoms with E-state index in [0.717, 1.165) is 5.56 Å². The summed E-state index contributed by atoms with van der Waals surface area (Å²) in [6.07, 6.45) is 1.49. The maximum Gasteiger partial charge on any atom is 0.358 e. The van der Waals surface area contributed by atoms with Crippen LogP contribution in [0.2, 0.25) is 0 Å². The van der Waals surface area contributed by atoms with E-state index in [4.69, 9.17) is 4.74 Å². The second kappa shape index (κ2) is 5.24. The average Bonchev–Trinajstić information content (AvgIpc) is 2.85. The molecule has 3 rings (SSSR count). The number of H-pyrrole nitrogens is 1. The Bertz CT molecular complexity index is 797. The number of aromatic amines is 1. The summed E-state index contributed by atoms with van der Waals surface area (Å²) < 4.78 is 4.87. The minimum absolute atomic E-state index is 0.00800. The van der Waals surface area contributed by atoms with Gasteiger partial charge in [-0.15, -0.1) is 0 Å². The highest BCUT2D eigenvalue weighted by Gasteiger charge is 2.19. The zero-order chi connectivity index (χ0) is 14.8. The largest absolute Gasteiger partial charge is 0.505 e. The number of fused-ring (bicyclic) bond motifs is 1. The van der Waals surface area contributed by atoms with Gasteiger partial charge >= 0.3 is 5.97 Å². The van der Waals surface area contributed by atoms with Crippen molar-refractivity contribution >= 4 is 17.0 Å². The van der Waals surface area contributed by atoms with Gasteiger partial charge in [0.2, 0.25) is 0 Å². The smallest absolute Gasteiger partial charge is 0.358 e. The van der Waals surface area contributed by atoms with Crippen molar-refractivity contribution < 1.29 is 14.6 Å². The molecule has 0 unspecified atom stereocenters. The molecular formula is C15H13N3O3. The van der Waals surface area contributed by atoms with E-state index >= 15 is 0 Å². The monoisotopic (exact) mass is 283 g/mol. The van der Waals surface area contributed by atoms with Gasteiger partial charge in [-0.1, -0.05) is 30.3 Å². The lowest BCUT2D eigenvalue weighted by atomic mass is 10.2. The highest BCUT2D eigenvalue weighted by Crippen LogP contribution is 2.29. The Morgan fingerprint density at radius 1 is 1.33 bits per heavy atom. The Hall–Kier alpha value is -2.89. The van der Waals surface area contributed by atoms with Gasteiger partial charge in [-0.25, -0.2) is 14.8 Å². The third kappa shape index (κ3) is 2.31. The van der Waals surface area contributed by atoms with Crippen LogP contribution in [-0.4, -0.2) is 32.6 Å². The van der Waals surface area contributed by atoms with Crippen LogP contribution in [0, 0.1) is 0 Å². The van der Waals surface area contributed by atoms with Gasteiger partial charge in [0.1, 0.15) is 5.65 Å². The molecule has 106 valence electrons. The van der Waals surface area contributed by atoms with Gasteiger partial charge in [0.05, 0.1) is 12.0 Å². The van der Waals surface area contributed by atoms with Crippen LogP contribution in [0.3, 0.4) is 0 Å². The molecule has 6 nitrogen and oxygen atoms in total. The van der Waals surface area contributed by atoms with E-state index in [9.17, 15) is 9.90 Å². The molecule has 0 aliphatic rings. The van der Waals surface area contributed by atoms with Gasteiger partial charge in [-0.05, 0) is 6.92 Å². The standard InChI is InChI=1S/C15H13N3O3/c1-2-21-15(20)11-12(19)10-8-16-13(18-14(10)17-11)9-6-4-3-5-7-9/h3-8,19H,2H2,1H3,(H,16,17,18). The number of carbonyl (C=O) groups excluding carboxylic acids is 1. The van der Waals surface area contributed by atoms with Crippen molar-refractivity contribution in [3.05, 3.63) is 42.2 Å². The van der Waals surface area contributed by atoms with Crippen LogP contribution in [-0.2, 0) is 4.74 Å². The number of aromatic hydroxyl groups is 1. The molecule has 0 fully saturated rings. The summed E-state index contributed by atoms with van der Waals surface area (Å²) >= 11 is 0. The molecule has 2 N–H and O–H groups in total. The lowest BCUT2D eigenvalue weighted by Crippen LogP contribution is -2.05. The van der Waals surface area contributed by atoms with E-state index in [2.05, 4.69) is 15.0 Å². The van der Waals surface area contributed by atoms with Gasteiger partial charge in [-0.2, -0.15) is 0 Å². The van der Waals surface area contributed by atoms with Crippen LogP contribution in [0.5, 0.6) is 5.75 Å². The van der Waals surface area contributed by atoms with E-state index in [-0.39, 0.29) is 18.1 Å². The van der Waals surface area contributed by atoms with Crippen molar-refractivity contribution in [3.63, 3.8) is 0 Å². The average molecular weight is 283 g/mol. The van der Waals surface area contributed by atoms with Crippen LogP contribution in [0.4, 0.5) is 0 Å². The van der Waals surface area contributed by atoms with Crippen LogP contribution in [0.1, 0.15) is 17.4 Å². The molecule has 0 spiro atoms. The zero-order valence-electron chi connectivity index (χ0n) is 11.3. The number of carbonyl (C=O) groups is 1. The number of nitrogens with zero attached hydrogens (tertiary/aromatic N) is 2. The highest BCUT2D eigenvalue weighted by atomic mass is 16.5. The first-order valence-corrected chi connectivity index (χ1v) is 6.51. The van der Waals surface area contributed by atoms with Gasteiger partial charge in [-0.3, -0.25) is 0 Å². The normalized spacial score (nSPS) is 10.7. The maximum absolute atomic E-state index is 11.7. The second-order valence-electron chi connectivity index (χ2n) is 4.39. The van der Waals surface area contributed by atoms with Gasteiger partial charge in [0, 0.05) is 11.8 Å². The van der Waals surface area contributed by atoms with Gasteiger partial charge in [0.15, 0.2) is 17.3 Å². The van der Waals surface area contributed by atoms with Gasteiger partial charge < -0.3 is 14.8 Å². The Kier molecular flexibility index (Phi) is 3.27. The number of nitrogens with one attached hydrogen (secondary N) is 1. The van der Waals surface area contributed by atoms with E-state index in [1.54, 1.807) is 6.92 Å². The minimum atomic E-state index is -0.616. The van der Waals surface area contributed by atoms with Crippen molar-refractivity contribution in [3.8, 4) is 17.1 Å². The quantitative estimate of drug-likeness (QED) is 0.721. The van der Waals surface area contributed by atoms with E-state index in [1.807, 2.05) is 30.3 Å². The van der Waals surface area contributed by atoms with Crippen LogP contribution in [0.15, 0.2) is 36.5 Å². The fourth-order valence-electron chi connectivity index (χ4n) is 2.04. The van der Waals surface area contributed by atoms with Crippen molar-refractivity contribution in [2.24, 2.45) is 0 Å². The molecule has 0 amide bonds. The molecule has 0 bridgehead atoms. The summed E-state index contributed by atoms with van der Waals surface area (Å²) in [7, 11) is 0. The summed E-state index contributed by atoms with van der Waals surface area (Å²) in [5.74, 6) is -0.294. The Morgan fingerprint density at radius 2 is 2.10 bits per heavy atom. The summed E-state index contributed by atoms with van der Waals surface area (Å²) in [4.78, 5) is 23.1. The van der Waals surface area contributed by atoms with Crippen molar-refractivity contribution in [1.29, 1.82) is 0 Å². The topological polar surface area (TPSA) is 88.1 Å². The molecule has 3 aromatic rings. The van der Waals surface area contributed by atoms with Gasteiger partial charge in [0.25, 0.3) is 0 Å². The molecule has 0 atom stereocenters. The van der Waals surface area contributed by atoms with E-state index in [1.165, 1.54) is 6.20 Å². The van der Waals surface area contributed by atoms with E-state index < -0.39 is 5.97 Å². The third-order valence-electron chi connectivity index (χ3n) is 3.04. The summed E-state index contributed by atoms with van der Waals surface area (Å²) in [5, 5.41) is 10.4. The fraction of sp³-hybridized carbons (Fsp3) is 0.133. The first kappa shape index (κ1) is 13.1. The molecule has 0 saturated heterocycles. The summed E-state index contributed by atoms with van der Waals surface area (Å²) in [5.41, 5.74) is 1.24. The summed E-state index contributed by atoms with van der Waals surface area (Å²) in [6, 6.07) is 9.45. The number of hydrogen-bond acceptors (Lipinski definition) is 5. The van der Waals surface area contributed by atoms with Crippen LogP contribution in [0.25, 0.3) is 22.4 Å². The predicted octanol–water partition coefficient (Wildman–Crippen LogP) is 2.51. The first-order chi connectivity index (χ1) is 10.2. The number of esters is 1. The Morgan fingerprint density at radius 3 is 2.81 bits per heavy atom. The van der Waals surface area contributed by atoms with Crippen LogP contribution < -0.4 is 0 Å². The lowest BCUT2D eigenvalue weighted by Gasteiger charge is -1.98. The SMILES string of the molecule is CCOC(=O)c1[nH]c2nc(-c3ccccc3)ncc2c1O. The van der Waals surface area contributed by atoms with Crippen molar-refractivity contribution in [2.45, 2.75) is 6.92 Å². The Balaban J connectivity index is 2.09. The number of rotatable bonds is 3. The summed E-state index contributed by atoms with van der Waals surface area (Å²) in [6.45, 7) is 1.93. The van der Waals surface area contributed by atoms with Crippen molar-refractivity contribution in [2.75, 3.05) is 6.61 Å². The van der Waals surface area contributed by atoms with Crippen molar-refractivity contribution in [1.82, 2.24) is 15.0 Å². The minimum Gasteiger partial charge on any atom is -0.505 e. The lowest BCUT2D eigenvalue weighted by molar-refractivity contribution is 0.0517. The molecule has 2 aromatic heterocycles. The molecular weight excluding hydrogens is 270 g/mol. The maximum atomic E-state index is 11.7. The number of hydrogen-bond donors (Lipinski definition) is 2. The molecule has 1 aromatic carbocycles. The molecule has 0 aliphatic heterocycles. The number of benzene rings is 1. The third-order valence-corrected chi connectivity index (χ3v) is 3.04. The predicted molar refractivity (Wildman–Crippen MR) is 76.9 cm³/mol. The van der Waals surface area contributed by atoms with Crippen LogP contribution >= 0.6 is 0 Å².